The number of halogens is 4. The SMILES string of the molecule is CCn1c(CO)nn(-c2cc(O[C@@H](C)C(F)(F)F)c3c(Oc4c(C)cnc(OC)c4Cl)nccc3c2)c1=O. The van der Waals surface area contributed by atoms with Gasteiger partial charge in [0.15, 0.2) is 17.7 Å². The quantitative estimate of drug-likeness (QED) is 0.337. The highest BCUT2D eigenvalue weighted by Gasteiger charge is 2.38. The summed E-state index contributed by atoms with van der Waals surface area (Å²) in [5.74, 6) is -0.0347. The van der Waals surface area contributed by atoms with E-state index in [1.54, 1.807) is 13.8 Å². The molecule has 0 fully saturated rings. The number of alkyl halides is 3. The van der Waals surface area contributed by atoms with E-state index >= 15 is 0 Å². The molecule has 0 aliphatic carbocycles. The van der Waals surface area contributed by atoms with Gasteiger partial charge in [-0.2, -0.15) is 17.9 Å². The summed E-state index contributed by atoms with van der Waals surface area (Å²) in [6.07, 6.45) is -4.05. The van der Waals surface area contributed by atoms with Crippen molar-refractivity contribution in [3.05, 3.63) is 57.5 Å². The Balaban J connectivity index is 1.95. The van der Waals surface area contributed by atoms with Crippen LogP contribution in [0.3, 0.4) is 0 Å². The minimum atomic E-state index is -4.69. The third-order valence-electron chi connectivity index (χ3n) is 5.70. The number of methoxy groups -OCH3 is 1. The van der Waals surface area contributed by atoms with Crippen LogP contribution >= 0.6 is 11.6 Å². The van der Waals surface area contributed by atoms with E-state index < -0.39 is 24.6 Å². The fourth-order valence-electron chi connectivity index (χ4n) is 3.73. The van der Waals surface area contributed by atoms with Crippen LogP contribution in [0.25, 0.3) is 16.5 Å². The Morgan fingerprint density at radius 1 is 1.21 bits per heavy atom. The number of aromatic nitrogens is 5. The van der Waals surface area contributed by atoms with Gasteiger partial charge in [0, 0.05) is 30.6 Å². The number of aryl methyl sites for hydroxylation is 1. The molecule has 14 heteroatoms. The van der Waals surface area contributed by atoms with Crippen molar-refractivity contribution in [2.45, 2.75) is 46.2 Å². The van der Waals surface area contributed by atoms with Gasteiger partial charge < -0.3 is 19.3 Å². The minimum Gasteiger partial charge on any atom is -0.480 e. The maximum absolute atomic E-state index is 13.5. The second kappa shape index (κ2) is 10.5. The van der Waals surface area contributed by atoms with Gasteiger partial charge in [-0.1, -0.05) is 11.6 Å². The van der Waals surface area contributed by atoms with Gasteiger partial charge in [0.05, 0.1) is 18.2 Å². The summed E-state index contributed by atoms with van der Waals surface area (Å²) in [6.45, 7) is 3.95. The van der Waals surface area contributed by atoms with Crippen LogP contribution in [0.2, 0.25) is 5.02 Å². The standard InChI is InChI=1S/C24H23ClF3N5O5/c1-5-32-17(11-34)31-33(23(32)35)15-8-14-6-7-29-21(18(14)16(9-15)37-13(3)24(26,27)28)38-20-12(2)10-30-22(36-4)19(20)25/h6-10,13,34H,5,11H2,1-4H3/t13-/m0/s1. The van der Waals surface area contributed by atoms with Crippen molar-refractivity contribution >= 4 is 22.4 Å². The van der Waals surface area contributed by atoms with Crippen molar-refractivity contribution in [2.24, 2.45) is 0 Å². The van der Waals surface area contributed by atoms with Gasteiger partial charge in [-0.15, -0.1) is 5.10 Å². The number of ether oxygens (including phenoxy) is 3. The van der Waals surface area contributed by atoms with Crippen molar-refractivity contribution in [1.29, 1.82) is 0 Å². The first-order chi connectivity index (χ1) is 18.0. The molecule has 4 aromatic rings. The Morgan fingerprint density at radius 2 is 1.95 bits per heavy atom. The molecule has 3 aromatic heterocycles. The van der Waals surface area contributed by atoms with Crippen molar-refractivity contribution in [2.75, 3.05) is 7.11 Å². The van der Waals surface area contributed by atoms with Crippen molar-refractivity contribution < 1.29 is 32.5 Å². The maximum atomic E-state index is 13.5. The number of pyridine rings is 2. The highest BCUT2D eigenvalue weighted by atomic mass is 35.5. The molecule has 0 unspecified atom stereocenters. The third kappa shape index (κ3) is 4.98. The number of nitrogens with zero attached hydrogens (tertiary/aromatic N) is 5. The second-order valence-electron chi connectivity index (χ2n) is 8.17. The Bertz CT molecular complexity index is 1550. The Morgan fingerprint density at radius 3 is 2.55 bits per heavy atom. The molecular weight excluding hydrogens is 531 g/mol. The van der Waals surface area contributed by atoms with Crippen molar-refractivity contribution in [3.8, 4) is 28.9 Å². The minimum absolute atomic E-state index is 0.0437. The fraction of sp³-hybridized carbons (Fsp3) is 0.333. The summed E-state index contributed by atoms with van der Waals surface area (Å²) in [5, 5.41) is 14.2. The van der Waals surface area contributed by atoms with Gasteiger partial charge in [0.25, 0.3) is 0 Å². The van der Waals surface area contributed by atoms with Crippen LogP contribution in [-0.2, 0) is 13.2 Å². The summed E-state index contributed by atoms with van der Waals surface area (Å²) >= 11 is 6.38. The van der Waals surface area contributed by atoms with E-state index in [1.165, 1.54) is 42.3 Å². The van der Waals surface area contributed by atoms with Crippen LogP contribution < -0.4 is 19.9 Å². The predicted octanol–water partition coefficient (Wildman–Crippen LogP) is 4.58. The number of benzene rings is 1. The van der Waals surface area contributed by atoms with E-state index in [0.717, 1.165) is 11.6 Å². The Hall–Kier alpha value is -3.84. The third-order valence-corrected chi connectivity index (χ3v) is 6.03. The van der Waals surface area contributed by atoms with Gasteiger partial charge in [0.2, 0.25) is 11.8 Å². The zero-order valence-electron chi connectivity index (χ0n) is 20.7. The molecule has 10 nitrogen and oxygen atoms in total. The molecule has 4 rings (SSSR count). The largest absolute Gasteiger partial charge is 0.480 e. The molecule has 0 amide bonds. The average Bonchev–Trinajstić information content (AvgIpc) is 3.21. The molecule has 0 aliphatic rings. The number of hydrogen-bond donors (Lipinski definition) is 1. The molecule has 0 radical (unpaired) electrons. The van der Waals surface area contributed by atoms with Gasteiger partial charge >= 0.3 is 11.9 Å². The summed E-state index contributed by atoms with van der Waals surface area (Å²) in [4.78, 5) is 21.2. The molecule has 0 spiro atoms. The van der Waals surface area contributed by atoms with Crippen molar-refractivity contribution in [1.82, 2.24) is 24.3 Å². The molecule has 0 aliphatic heterocycles. The highest BCUT2D eigenvalue weighted by molar-refractivity contribution is 6.33. The van der Waals surface area contributed by atoms with E-state index in [-0.39, 0.29) is 51.7 Å². The first-order valence-electron chi connectivity index (χ1n) is 11.3. The second-order valence-corrected chi connectivity index (χ2v) is 8.55. The van der Waals surface area contributed by atoms with E-state index in [9.17, 15) is 23.1 Å². The van der Waals surface area contributed by atoms with Crippen LogP contribution in [-0.4, -0.2) is 48.8 Å². The smallest absolute Gasteiger partial charge is 0.425 e. The normalized spacial score (nSPS) is 12.6. The molecule has 1 N–H and O–H groups in total. The zero-order chi connectivity index (χ0) is 27.8. The number of hydrogen-bond acceptors (Lipinski definition) is 8. The van der Waals surface area contributed by atoms with Crippen LogP contribution in [0.4, 0.5) is 13.2 Å². The van der Waals surface area contributed by atoms with Crippen LogP contribution in [0, 0.1) is 6.92 Å². The van der Waals surface area contributed by atoms with Crippen LogP contribution in [0.5, 0.6) is 23.3 Å². The summed E-state index contributed by atoms with van der Waals surface area (Å²) < 4.78 is 59.2. The summed E-state index contributed by atoms with van der Waals surface area (Å²) in [7, 11) is 1.37. The maximum Gasteiger partial charge on any atom is 0.425 e. The number of aliphatic hydroxyl groups excluding tert-OH is 1. The van der Waals surface area contributed by atoms with Gasteiger partial charge in [-0.05, 0) is 38.3 Å². The summed E-state index contributed by atoms with van der Waals surface area (Å²) in [5.41, 5.74) is 0.0544. The van der Waals surface area contributed by atoms with Gasteiger partial charge in [-0.3, -0.25) is 4.57 Å². The molecule has 1 aromatic carbocycles. The Labute approximate surface area is 219 Å². The molecule has 3 heterocycles. The molecule has 0 saturated heterocycles. The van der Waals surface area contributed by atoms with E-state index in [4.69, 9.17) is 25.8 Å². The van der Waals surface area contributed by atoms with Crippen LogP contribution in [0.15, 0.2) is 35.4 Å². The van der Waals surface area contributed by atoms with E-state index in [1.807, 2.05) is 0 Å². The molecule has 0 bridgehead atoms. The Kier molecular flexibility index (Phi) is 7.51. The number of rotatable bonds is 8. The van der Waals surface area contributed by atoms with Gasteiger partial charge in [0.1, 0.15) is 17.4 Å². The lowest BCUT2D eigenvalue weighted by Gasteiger charge is -2.21. The molecule has 38 heavy (non-hydrogen) atoms. The molecule has 1 atom stereocenters. The zero-order valence-corrected chi connectivity index (χ0v) is 21.5. The highest BCUT2D eigenvalue weighted by Crippen LogP contribution is 2.42. The van der Waals surface area contributed by atoms with E-state index in [2.05, 4.69) is 15.1 Å². The predicted molar refractivity (Wildman–Crippen MR) is 131 cm³/mol. The monoisotopic (exact) mass is 553 g/mol. The van der Waals surface area contributed by atoms with Crippen LogP contribution in [0.1, 0.15) is 25.2 Å². The lowest BCUT2D eigenvalue weighted by Crippen LogP contribution is -2.31. The van der Waals surface area contributed by atoms with Gasteiger partial charge in [-0.25, -0.2) is 14.8 Å². The molecule has 202 valence electrons. The molecular formula is C24H23ClF3N5O5. The lowest BCUT2D eigenvalue weighted by atomic mass is 10.1. The first kappa shape index (κ1) is 27.2. The molecule has 0 saturated carbocycles. The topological polar surface area (TPSA) is 114 Å². The van der Waals surface area contributed by atoms with Crippen molar-refractivity contribution in [3.63, 3.8) is 0 Å². The average molecular weight is 554 g/mol. The number of fused-ring (bicyclic) bond motifs is 1. The lowest BCUT2D eigenvalue weighted by molar-refractivity contribution is -0.189. The fourth-order valence-corrected chi connectivity index (χ4v) is 4.04. The first-order valence-corrected chi connectivity index (χ1v) is 11.7. The number of aliphatic hydroxyl groups is 1. The van der Waals surface area contributed by atoms with E-state index in [0.29, 0.717) is 10.9 Å². The summed E-state index contributed by atoms with van der Waals surface area (Å²) in [6, 6.07) is 4.27.